The number of rotatable bonds is 6. The zero-order valence-corrected chi connectivity index (χ0v) is 18.0. The second-order valence-corrected chi connectivity index (χ2v) is 8.59. The van der Waals surface area contributed by atoms with Crippen molar-refractivity contribution in [1.29, 1.82) is 0 Å². The Hall–Kier alpha value is -2.98. The monoisotopic (exact) mass is 459 g/mol. The summed E-state index contributed by atoms with van der Waals surface area (Å²) in [6, 6.07) is 5.65. The van der Waals surface area contributed by atoms with Crippen molar-refractivity contribution >= 4 is 22.4 Å². The van der Waals surface area contributed by atoms with Crippen molar-refractivity contribution in [2.24, 2.45) is 0 Å². The summed E-state index contributed by atoms with van der Waals surface area (Å²) in [6.45, 7) is 1.54. The molecule has 1 aromatic carbocycles. The second-order valence-electron chi connectivity index (χ2n) is 8.59. The molecule has 2 aliphatic rings. The summed E-state index contributed by atoms with van der Waals surface area (Å²) in [6.07, 6.45) is 5.49. The fraction of sp³-hybridized carbons (Fsp3) is 0.435. The molecule has 2 fully saturated rings. The molecule has 5 rings (SSSR count). The van der Waals surface area contributed by atoms with Crippen LogP contribution in [0.3, 0.4) is 0 Å². The molecule has 7 nitrogen and oxygen atoms in total. The zero-order chi connectivity index (χ0) is 23.2. The predicted molar refractivity (Wildman–Crippen MR) is 117 cm³/mol. The van der Waals surface area contributed by atoms with E-state index in [4.69, 9.17) is 9.84 Å². The first-order chi connectivity index (χ1) is 15.9. The van der Waals surface area contributed by atoms with Gasteiger partial charge in [0, 0.05) is 10.9 Å². The van der Waals surface area contributed by atoms with Crippen LogP contribution >= 0.6 is 0 Å². The molecule has 2 unspecified atom stereocenters. The number of hydrogen-bond acceptors (Lipinski definition) is 7. The van der Waals surface area contributed by atoms with Crippen molar-refractivity contribution < 1.29 is 23.0 Å². The van der Waals surface area contributed by atoms with Gasteiger partial charge in [0.1, 0.15) is 12.4 Å². The fourth-order valence-electron chi connectivity index (χ4n) is 4.78. The number of nitrogens with zero attached hydrogens (tertiary/aromatic N) is 4. The van der Waals surface area contributed by atoms with Crippen LogP contribution in [-0.2, 0) is 10.7 Å². The van der Waals surface area contributed by atoms with E-state index in [9.17, 15) is 13.2 Å². The summed E-state index contributed by atoms with van der Waals surface area (Å²) >= 11 is 0. The summed E-state index contributed by atoms with van der Waals surface area (Å²) in [7, 11) is 0. The third kappa shape index (κ3) is 3.87. The highest BCUT2D eigenvalue weighted by Crippen LogP contribution is 2.37. The third-order valence-corrected chi connectivity index (χ3v) is 6.48. The molecule has 0 amide bonds. The smallest absolute Gasteiger partial charge is 0.298 e. The van der Waals surface area contributed by atoms with Gasteiger partial charge in [-0.3, -0.25) is 4.98 Å². The number of nitrogens with one attached hydrogen (secondary N) is 1. The molecule has 2 aliphatic heterocycles. The van der Waals surface area contributed by atoms with Crippen LogP contribution in [0.5, 0.6) is 0 Å². The number of ether oxygens (including phenoxy) is 1. The van der Waals surface area contributed by atoms with Gasteiger partial charge in [-0.1, -0.05) is 12.1 Å². The number of fused-ring (bicyclic) bond motifs is 3. The van der Waals surface area contributed by atoms with Crippen molar-refractivity contribution in [3.8, 4) is 0 Å². The minimum Gasteiger partial charge on any atom is -0.390 e. The van der Waals surface area contributed by atoms with Crippen LogP contribution < -0.4 is 10.2 Å². The van der Waals surface area contributed by atoms with Crippen LogP contribution in [0.2, 0.25) is 0 Å². The average molecular weight is 459 g/mol. The molecule has 4 heterocycles. The van der Waals surface area contributed by atoms with E-state index in [-0.39, 0.29) is 5.56 Å². The van der Waals surface area contributed by atoms with Gasteiger partial charge in [-0.25, -0.2) is 4.39 Å². The quantitative estimate of drug-likeness (QED) is 0.580. The Balaban J connectivity index is 1.48. The maximum absolute atomic E-state index is 14.9. The number of hydrogen-bond donors (Lipinski definition) is 2. The van der Waals surface area contributed by atoms with Gasteiger partial charge in [0.05, 0.1) is 60.5 Å². The molecule has 3 atom stereocenters. The number of aliphatic hydroxyl groups excluding tert-OH is 1. The van der Waals surface area contributed by atoms with Gasteiger partial charge in [-0.15, -0.1) is 5.10 Å². The van der Waals surface area contributed by atoms with E-state index in [1.54, 1.807) is 13.1 Å². The molecule has 2 bridgehead atoms. The molecule has 0 spiro atoms. The van der Waals surface area contributed by atoms with Crippen LogP contribution in [0.1, 0.15) is 36.9 Å². The number of halogens is 3. The number of anilines is 2. The van der Waals surface area contributed by atoms with Crippen LogP contribution in [0.4, 0.5) is 24.7 Å². The lowest BCUT2D eigenvalue weighted by Crippen LogP contribution is -2.45. The van der Waals surface area contributed by atoms with Crippen molar-refractivity contribution in [3.05, 3.63) is 53.6 Å². The Bertz CT molecular complexity index is 1160. The molecule has 10 heteroatoms. The Morgan fingerprint density at radius 3 is 2.73 bits per heavy atom. The summed E-state index contributed by atoms with van der Waals surface area (Å²) in [5.74, 6) is -4.35. The van der Waals surface area contributed by atoms with Crippen LogP contribution in [0, 0.1) is 5.82 Å². The summed E-state index contributed by atoms with van der Waals surface area (Å²) in [4.78, 5) is 6.88. The first-order valence-corrected chi connectivity index (χ1v) is 10.9. The minimum atomic E-state index is -3.67. The number of benzene rings is 1. The van der Waals surface area contributed by atoms with Gasteiger partial charge >= 0.3 is 0 Å². The number of morpholine rings is 1. The summed E-state index contributed by atoms with van der Waals surface area (Å²) in [5.41, 5.74) is 0.768. The average Bonchev–Trinajstić information content (AvgIpc) is 3.07. The molecule has 2 aromatic heterocycles. The largest absolute Gasteiger partial charge is 0.390 e. The second kappa shape index (κ2) is 8.42. The van der Waals surface area contributed by atoms with Gasteiger partial charge in [-0.2, -0.15) is 13.9 Å². The molecule has 2 N–H and O–H groups in total. The SMILES string of the molecule is C[C@@H](Nc1nncc2ncc(N3C4CCC3COC4)cc12)c1cccc(C(F)(F)CO)c1F. The highest BCUT2D eigenvalue weighted by atomic mass is 19.3. The lowest BCUT2D eigenvalue weighted by Gasteiger charge is -2.36. The maximum Gasteiger partial charge on any atom is 0.298 e. The van der Waals surface area contributed by atoms with E-state index in [0.29, 0.717) is 42.0 Å². The Morgan fingerprint density at radius 2 is 2.00 bits per heavy atom. The van der Waals surface area contributed by atoms with Crippen LogP contribution in [0.15, 0.2) is 36.7 Å². The van der Waals surface area contributed by atoms with Crippen molar-refractivity contribution in [2.75, 3.05) is 30.0 Å². The van der Waals surface area contributed by atoms with E-state index in [1.807, 2.05) is 12.3 Å². The predicted octanol–water partition coefficient (Wildman–Crippen LogP) is 3.79. The topological polar surface area (TPSA) is 83.4 Å². The fourth-order valence-corrected chi connectivity index (χ4v) is 4.78. The highest BCUT2D eigenvalue weighted by molar-refractivity contribution is 5.90. The Morgan fingerprint density at radius 1 is 1.24 bits per heavy atom. The molecule has 33 heavy (non-hydrogen) atoms. The third-order valence-electron chi connectivity index (χ3n) is 6.48. The van der Waals surface area contributed by atoms with Gasteiger partial charge in [-0.05, 0) is 31.9 Å². The number of alkyl halides is 2. The maximum atomic E-state index is 14.9. The number of pyridine rings is 1. The zero-order valence-electron chi connectivity index (χ0n) is 18.0. The van der Waals surface area contributed by atoms with Crippen molar-refractivity contribution in [3.63, 3.8) is 0 Å². The first kappa shape index (κ1) is 21.8. The lowest BCUT2D eigenvalue weighted by atomic mass is 10.00. The molecule has 0 saturated carbocycles. The van der Waals surface area contributed by atoms with E-state index >= 15 is 0 Å². The van der Waals surface area contributed by atoms with E-state index < -0.39 is 30.0 Å². The summed E-state index contributed by atoms with van der Waals surface area (Å²) in [5, 5.41) is 20.9. The lowest BCUT2D eigenvalue weighted by molar-refractivity contribution is -0.0583. The van der Waals surface area contributed by atoms with Crippen LogP contribution in [-0.4, -0.2) is 52.2 Å². The van der Waals surface area contributed by atoms with Gasteiger partial charge in [0.25, 0.3) is 5.92 Å². The van der Waals surface area contributed by atoms with Crippen molar-refractivity contribution in [2.45, 2.75) is 43.8 Å². The Labute approximate surface area is 188 Å². The normalized spacial score (nSPS) is 21.4. The number of aromatic nitrogens is 3. The first-order valence-electron chi connectivity index (χ1n) is 10.9. The molecule has 2 saturated heterocycles. The van der Waals surface area contributed by atoms with E-state index in [0.717, 1.165) is 24.6 Å². The standard InChI is InChI=1S/C23H24F3N5O2/c1-13(17-3-2-4-19(21(17)24)23(25,26)12-32)29-22-18-7-16(8-27-20(18)9-28-30-22)31-14-5-6-15(31)11-33-10-14/h2-4,7-9,13-15,32H,5-6,10-12H2,1H3,(H,29,30)/t13-,14?,15?/m1/s1. The van der Waals surface area contributed by atoms with Gasteiger partial charge in [0.15, 0.2) is 5.82 Å². The van der Waals surface area contributed by atoms with Crippen molar-refractivity contribution in [1.82, 2.24) is 15.2 Å². The molecule has 3 aromatic rings. The Kier molecular flexibility index (Phi) is 5.57. The minimum absolute atomic E-state index is 0.0368. The van der Waals surface area contributed by atoms with Gasteiger partial charge in [0.2, 0.25) is 0 Å². The molecule has 0 radical (unpaired) electrons. The molecular weight excluding hydrogens is 435 g/mol. The molecular formula is C23H24F3N5O2. The van der Waals surface area contributed by atoms with Gasteiger partial charge < -0.3 is 20.1 Å². The van der Waals surface area contributed by atoms with E-state index in [1.165, 1.54) is 12.1 Å². The van der Waals surface area contributed by atoms with Crippen LogP contribution in [0.25, 0.3) is 10.9 Å². The summed E-state index contributed by atoms with van der Waals surface area (Å²) < 4.78 is 48.5. The molecule has 174 valence electrons. The van der Waals surface area contributed by atoms with E-state index in [2.05, 4.69) is 25.4 Å². The highest BCUT2D eigenvalue weighted by Gasteiger charge is 2.38. The molecule has 0 aliphatic carbocycles. The number of aliphatic hydroxyl groups is 1.